The van der Waals surface area contributed by atoms with Gasteiger partial charge in [0.2, 0.25) is 0 Å². The number of hydrogen-bond acceptors (Lipinski definition) is 3. The summed E-state index contributed by atoms with van der Waals surface area (Å²) in [6.45, 7) is 4.94. The van der Waals surface area contributed by atoms with Gasteiger partial charge in [-0.1, -0.05) is 142 Å². The van der Waals surface area contributed by atoms with Crippen LogP contribution in [-0.2, 0) is 10.8 Å². The summed E-state index contributed by atoms with van der Waals surface area (Å²) in [7, 11) is 0. The Morgan fingerprint density at radius 1 is 0.615 bits per heavy atom. The molecule has 4 aliphatic carbocycles. The molecule has 0 atom stereocenters. The maximum Gasteiger partial charge on any atom is 0.161 e. The van der Waals surface area contributed by atoms with Gasteiger partial charge in [0.15, 0.2) is 5.82 Å². The zero-order valence-electron chi connectivity index (χ0n) is 29.8. The SMILES string of the molecule is CC1(C)C2=C(C(c3ccc(-c4nc(-c5ccccc5)c5c(n4)sc4ccccc45)cc3)=CCC2)c2cc3c(cc21)-c1ccccc1C31CCCCC1. The van der Waals surface area contributed by atoms with Crippen LogP contribution >= 0.6 is 11.3 Å². The average molecular weight is 689 g/mol. The van der Waals surface area contributed by atoms with E-state index in [4.69, 9.17) is 9.97 Å². The van der Waals surface area contributed by atoms with Crippen LogP contribution in [0.3, 0.4) is 0 Å². The fourth-order valence-electron chi connectivity index (χ4n) is 10.4. The van der Waals surface area contributed by atoms with Gasteiger partial charge >= 0.3 is 0 Å². The van der Waals surface area contributed by atoms with Gasteiger partial charge in [-0.3, -0.25) is 0 Å². The van der Waals surface area contributed by atoms with Crippen molar-refractivity contribution in [1.82, 2.24) is 9.97 Å². The Morgan fingerprint density at radius 3 is 2.19 bits per heavy atom. The molecule has 52 heavy (non-hydrogen) atoms. The number of allylic oxidation sites excluding steroid dienone is 4. The fraction of sp³-hybridized carbons (Fsp3) is 0.224. The highest BCUT2D eigenvalue weighted by Gasteiger charge is 2.47. The van der Waals surface area contributed by atoms with E-state index in [0.29, 0.717) is 0 Å². The maximum atomic E-state index is 5.27. The van der Waals surface area contributed by atoms with Crippen LogP contribution < -0.4 is 0 Å². The van der Waals surface area contributed by atoms with Crippen LogP contribution in [0.5, 0.6) is 0 Å². The Balaban J connectivity index is 1.02. The average Bonchev–Trinajstić information content (AvgIpc) is 3.78. The first-order valence-corrected chi connectivity index (χ1v) is 19.9. The molecule has 2 heterocycles. The molecule has 4 aliphatic rings. The van der Waals surface area contributed by atoms with Crippen molar-refractivity contribution in [3.8, 4) is 33.8 Å². The summed E-state index contributed by atoms with van der Waals surface area (Å²) in [6, 6.07) is 42.9. The lowest BCUT2D eigenvalue weighted by Gasteiger charge is -2.36. The molecular formula is C49H40N2S. The minimum atomic E-state index is -0.00223. The molecule has 5 aromatic carbocycles. The van der Waals surface area contributed by atoms with Crippen LogP contribution in [0.4, 0.5) is 0 Å². The number of thiophene rings is 1. The van der Waals surface area contributed by atoms with Crippen molar-refractivity contribution in [3.63, 3.8) is 0 Å². The largest absolute Gasteiger partial charge is 0.227 e. The van der Waals surface area contributed by atoms with Crippen molar-refractivity contribution in [2.45, 2.75) is 69.6 Å². The third-order valence-electron chi connectivity index (χ3n) is 12.9. The lowest BCUT2D eigenvalue weighted by atomic mass is 9.67. The van der Waals surface area contributed by atoms with Crippen molar-refractivity contribution in [1.29, 1.82) is 0 Å². The molecule has 0 aliphatic heterocycles. The summed E-state index contributed by atoms with van der Waals surface area (Å²) in [4.78, 5) is 11.5. The van der Waals surface area contributed by atoms with Gasteiger partial charge in [-0.15, -0.1) is 11.3 Å². The van der Waals surface area contributed by atoms with Gasteiger partial charge in [-0.05, 0) is 94.0 Å². The number of rotatable bonds is 3. The van der Waals surface area contributed by atoms with Gasteiger partial charge in [-0.25, -0.2) is 9.97 Å². The molecule has 0 radical (unpaired) electrons. The molecule has 3 heteroatoms. The summed E-state index contributed by atoms with van der Waals surface area (Å²) in [5, 5.41) is 2.37. The van der Waals surface area contributed by atoms with Crippen LogP contribution in [-0.4, -0.2) is 9.97 Å². The van der Waals surface area contributed by atoms with Gasteiger partial charge in [0, 0.05) is 37.4 Å². The highest BCUT2D eigenvalue weighted by molar-refractivity contribution is 7.25. The second kappa shape index (κ2) is 11.2. The van der Waals surface area contributed by atoms with Crippen LogP contribution in [0.25, 0.3) is 65.2 Å². The van der Waals surface area contributed by atoms with E-state index in [0.717, 1.165) is 45.7 Å². The summed E-state index contributed by atoms with van der Waals surface area (Å²) < 4.78 is 1.24. The Bertz CT molecular complexity index is 2670. The second-order valence-electron chi connectivity index (χ2n) is 15.9. The summed E-state index contributed by atoms with van der Waals surface area (Å²) in [6.07, 6.45) is 11.2. The minimum Gasteiger partial charge on any atom is -0.227 e. The summed E-state index contributed by atoms with van der Waals surface area (Å²) in [5.74, 6) is 0.780. The van der Waals surface area contributed by atoms with Crippen LogP contribution in [0.2, 0.25) is 0 Å². The second-order valence-corrected chi connectivity index (χ2v) is 16.9. The molecule has 0 bridgehead atoms. The molecule has 0 amide bonds. The summed E-state index contributed by atoms with van der Waals surface area (Å²) >= 11 is 1.75. The molecule has 2 aromatic heterocycles. The predicted octanol–water partition coefficient (Wildman–Crippen LogP) is 13.3. The molecule has 11 rings (SSSR count). The molecule has 1 fully saturated rings. The third kappa shape index (κ3) is 4.23. The summed E-state index contributed by atoms with van der Waals surface area (Å²) in [5.41, 5.74) is 18.2. The molecule has 252 valence electrons. The maximum absolute atomic E-state index is 5.27. The third-order valence-corrected chi connectivity index (χ3v) is 13.9. The van der Waals surface area contributed by atoms with Crippen molar-refractivity contribution < 1.29 is 0 Å². The Labute approximate surface area is 309 Å². The number of fused-ring (bicyclic) bond motifs is 10. The Morgan fingerprint density at radius 2 is 1.35 bits per heavy atom. The van der Waals surface area contributed by atoms with E-state index in [1.165, 1.54) is 81.2 Å². The molecular weight excluding hydrogens is 649 g/mol. The quantitative estimate of drug-likeness (QED) is 0.185. The van der Waals surface area contributed by atoms with E-state index in [1.54, 1.807) is 28.0 Å². The van der Waals surface area contributed by atoms with E-state index in [1.807, 2.05) is 0 Å². The molecule has 0 saturated heterocycles. The first-order chi connectivity index (χ1) is 25.5. The van der Waals surface area contributed by atoms with E-state index in [9.17, 15) is 0 Å². The number of benzene rings is 5. The number of nitrogens with zero attached hydrogens (tertiary/aromatic N) is 2. The topological polar surface area (TPSA) is 25.8 Å². The van der Waals surface area contributed by atoms with Gasteiger partial charge < -0.3 is 0 Å². The van der Waals surface area contributed by atoms with Gasteiger partial charge in [-0.2, -0.15) is 0 Å². The number of aromatic nitrogens is 2. The first kappa shape index (κ1) is 30.5. The highest BCUT2D eigenvalue weighted by atomic mass is 32.1. The normalized spacial score (nSPS) is 18.0. The standard InChI is InChI=1S/C49H40N2S/c1-48(2)39-20-13-18-33(43(39)37-29-41-36(28-40(37)48)34-16-7-9-19-38(34)49(41)26-11-4-12-27-49)30-22-24-32(25-23-30)46-50-45(31-14-5-3-6-15-31)44-35-17-8-10-21-42(35)52-47(44)51-46/h3,5-10,14-19,21-25,28-29H,4,11-13,20,26-27H2,1-2H3. The molecule has 1 spiro atoms. The zero-order chi connectivity index (χ0) is 34.6. The Hall–Kier alpha value is -5.12. The highest BCUT2D eigenvalue weighted by Crippen LogP contribution is 2.61. The molecule has 1 saturated carbocycles. The fourth-order valence-corrected chi connectivity index (χ4v) is 11.5. The van der Waals surface area contributed by atoms with E-state index in [-0.39, 0.29) is 10.8 Å². The van der Waals surface area contributed by atoms with Crippen LogP contribution in [0, 0.1) is 0 Å². The minimum absolute atomic E-state index is 0.00223. The molecule has 2 nitrogen and oxygen atoms in total. The van der Waals surface area contributed by atoms with Crippen molar-refractivity contribution in [2.24, 2.45) is 0 Å². The predicted molar refractivity (Wildman–Crippen MR) is 219 cm³/mol. The van der Waals surface area contributed by atoms with Gasteiger partial charge in [0.25, 0.3) is 0 Å². The lowest BCUT2D eigenvalue weighted by Crippen LogP contribution is -2.28. The lowest BCUT2D eigenvalue weighted by molar-refractivity contribution is 0.352. The van der Waals surface area contributed by atoms with Crippen molar-refractivity contribution in [2.75, 3.05) is 0 Å². The van der Waals surface area contributed by atoms with E-state index in [2.05, 4.69) is 135 Å². The molecule has 7 aromatic rings. The molecule has 0 N–H and O–H groups in total. The first-order valence-electron chi connectivity index (χ1n) is 19.1. The van der Waals surface area contributed by atoms with E-state index >= 15 is 0 Å². The van der Waals surface area contributed by atoms with Crippen molar-refractivity contribution >= 4 is 42.8 Å². The monoisotopic (exact) mass is 688 g/mol. The number of hydrogen-bond donors (Lipinski definition) is 0. The smallest absolute Gasteiger partial charge is 0.161 e. The van der Waals surface area contributed by atoms with Crippen molar-refractivity contribution in [3.05, 3.63) is 155 Å². The zero-order valence-corrected chi connectivity index (χ0v) is 30.6. The van der Waals surface area contributed by atoms with Gasteiger partial charge in [0.05, 0.1) is 5.69 Å². The molecule has 0 unspecified atom stereocenters. The van der Waals surface area contributed by atoms with Crippen LogP contribution in [0.15, 0.2) is 127 Å². The van der Waals surface area contributed by atoms with Gasteiger partial charge in [0.1, 0.15) is 4.83 Å². The van der Waals surface area contributed by atoms with E-state index < -0.39 is 0 Å². The Kier molecular flexibility index (Phi) is 6.56. The van der Waals surface area contributed by atoms with Crippen LogP contribution in [0.1, 0.15) is 86.6 Å².